The summed E-state index contributed by atoms with van der Waals surface area (Å²) < 4.78 is 42.3. The van der Waals surface area contributed by atoms with Crippen LogP contribution in [0.4, 0.5) is 30.8 Å². The molecule has 1 fully saturated rings. The predicted molar refractivity (Wildman–Crippen MR) is 116 cm³/mol. The number of nitrogens with zero attached hydrogens (tertiary/aromatic N) is 7. The third kappa shape index (κ3) is 5.47. The number of amides is 1. The number of alkyl halides is 3. The van der Waals surface area contributed by atoms with Crippen LogP contribution in [0.25, 0.3) is 11.6 Å². The number of para-hydroxylation sites is 1. The van der Waals surface area contributed by atoms with E-state index in [1.54, 1.807) is 11.9 Å². The second kappa shape index (κ2) is 9.45. The van der Waals surface area contributed by atoms with E-state index in [9.17, 15) is 18.0 Å². The van der Waals surface area contributed by atoms with E-state index in [-0.39, 0.29) is 42.5 Å². The molecule has 0 unspecified atom stereocenters. The summed E-state index contributed by atoms with van der Waals surface area (Å²) in [7, 11) is 1.76. The first-order valence-corrected chi connectivity index (χ1v) is 10.4. The van der Waals surface area contributed by atoms with Crippen molar-refractivity contribution in [2.45, 2.75) is 25.4 Å². The molecule has 2 N–H and O–H groups in total. The van der Waals surface area contributed by atoms with Crippen LogP contribution < -0.4 is 10.6 Å². The Balaban J connectivity index is 1.46. The SMILES string of the molecule is CN(c1ccccc1)c1nc(N)nc(-c2noc(C(=O)N3CCC(=CCC(F)(F)F)CC3)n2)n1. The highest BCUT2D eigenvalue weighted by molar-refractivity contribution is 5.90. The lowest BCUT2D eigenvalue weighted by atomic mass is 10.0. The van der Waals surface area contributed by atoms with Crippen molar-refractivity contribution >= 4 is 23.5 Å². The number of halogens is 3. The van der Waals surface area contributed by atoms with Crippen LogP contribution in [-0.2, 0) is 0 Å². The Morgan fingerprint density at radius 3 is 2.50 bits per heavy atom. The smallest absolute Gasteiger partial charge is 0.368 e. The summed E-state index contributed by atoms with van der Waals surface area (Å²) in [6.07, 6.45) is -3.33. The van der Waals surface area contributed by atoms with Gasteiger partial charge in [0.15, 0.2) is 0 Å². The van der Waals surface area contributed by atoms with Gasteiger partial charge < -0.3 is 20.1 Å². The lowest BCUT2D eigenvalue weighted by Gasteiger charge is -2.27. The number of piperidine rings is 1. The minimum atomic E-state index is -4.24. The zero-order chi connectivity index (χ0) is 24.3. The maximum Gasteiger partial charge on any atom is 0.392 e. The van der Waals surface area contributed by atoms with Gasteiger partial charge in [0, 0.05) is 25.8 Å². The zero-order valence-corrected chi connectivity index (χ0v) is 18.2. The van der Waals surface area contributed by atoms with Gasteiger partial charge >= 0.3 is 18.0 Å². The second-order valence-corrected chi connectivity index (χ2v) is 7.61. The minimum Gasteiger partial charge on any atom is -0.368 e. The number of carbonyl (C=O) groups excluding carboxylic acids is 1. The standard InChI is InChI=1S/C21H21F3N8O2/c1-31(14-5-3-2-4-6-14)20-28-15(27-19(25)29-20)16-26-17(34-30-16)18(33)32-11-8-13(9-12-32)7-10-21(22,23)24/h2-7H,8-12H2,1H3,(H2,25,27,28,29). The summed E-state index contributed by atoms with van der Waals surface area (Å²) in [5.74, 6) is -0.603. The van der Waals surface area contributed by atoms with E-state index >= 15 is 0 Å². The molecule has 10 nitrogen and oxygen atoms in total. The van der Waals surface area contributed by atoms with Crippen molar-refractivity contribution in [2.75, 3.05) is 30.8 Å². The lowest BCUT2D eigenvalue weighted by molar-refractivity contribution is -0.125. The molecule has 2 aromatic heterocycles. The van der Waals surface area contributed by atoms with Gasteiger partial charge in [-0.2, -0.15) is 33.1 Å². The number of carbonyl (C=O) groups is 1. The van der Waals surface area contributed by atoms with Gasteiger partial charge in [-0.15, -0.1) is 0 Å². The molecular weight excluding hydrogens is 453 g/mol. The molecule has 1 aromatic carbocycles. The normalized spacial score (nSPS) is 14.2. The highest BCUT2D eigenvalue weighted by atomic mass is 19.4. The Bertz CT molecular complexity index is 1190. The molecule has 0 atom stereocenters. The van der Waals surface area contributed by atoms with E-state index < -0.39 is 18.5 Å². The molecule has 1 aliphatic heterocycles. The van der Waals surface area contributed by atoms with E-state index in [1.807, 2.05) is 30.3 Å². The first kappa shape index (κ1) is 23.1. The molecular formula is C21H21F3N8O2. The molecule has 3 aromatic rings. The van der Waals surface area contributed by atoms with Crippen LogP contribution in [0.2, 0.25) is 0 Å². The van der Waals surface area contributed by atoms with Crippen molar-refractivity contribution < 1.29 is 22.5 Å². The van der Waals surface area contributed by atoms with E-state index in [0.717, 1.165) is 5.69 Å². The maximum absolute atomic E-state index is 12.7. The van der Waals surface area contributed by atoms with Crippen LogP contribution in [0.5, 0.6) is 0 Å². The number of rotatable bonds is 5. The number of nitrogen functional groups attached to an aromatic ring is 1. The number of likely N-dealkylation sites (tertiary alicyclic amines) is 1. The highest BCUT2D eigenvalue weighted by Gasteiger charge is 2.28. The van der Waals surface area contributed by atoms with E-state index in [2.05, 4.69) is 25.1 Å². The Morgan fingerprint density at radius 1 is 1.12 bits per heavy atom. The topological polar surface area (TPSA) is 127 Å². The van der Waals surface area contributed by atoms with Crippen LogP contribution in [0.1, 0.15) is 29.9 Å². The molecule has 0 aliphatic carbocycles. The highest BCUT2D eigenvalue weighted by Crippen LogP contribution is 2.25. The van der Waals surface area contributed by atoms with Crippen LogP contribution in [0, 0.1) is 0 Å². The lowest BCUT2D eigenvalue weighted by Crippen LogP contribution is -2.36. The number of hydrogen-bond donors (Lipinski definition) is 1. The Labute approximate surface area is 192 Å². The average molecular weight is 474 g/mol. The first-order valence-electron chi connectivity index (χ1n) is 10.4. The van der Waals surface area contributed by atoms with Crippen LogP contribution >= 0.6 is 0 Å². The van der Waals surface area contributed by atoms with Crippen molar-refractivity contribution in [1.82, 2.24) is 30.0 Å². The Kier molecular flexibility index (Phi) is 6.43. The van der Waals surface area contributed by atoms with Gasteiger partial charge in [-0.1, -0.05) is 35.0 Å². The number of nitrogens with two attached hydrogens (primary N) is 1. The molecule has 3 heterocycles. The van der Waals surface area contributed by atoms with Gasteiger partial charge in [-0.3, -0.25) is 4.79 Å². The monoisotopic (exact) mass is 474 g/mol. The van der Waals surface area contributed by atoms with Gasteiger partial charge in [-0.05, 0) is 25.0 Å². The van der Waals surface area contributed by atoms with Gasteiger partial charge in [0.05, 0.1) is 6.42 Å². The largest absolute Gasteiger partial charge is 0.392 e. The maximum atomic E-state index is 12.7. The van der Waals surface area contributed by atoms with Gasteiger partial charge in [0.2, 0.25) is 23.5 Å². The summed E-state index contributed by atoms with van der Waals surface area (Å²) in [5, 5.41) is 3.79. The van der Waals surface area contributed by atoms with Gasteiger partial charge in [-0.25, -0.2) is 0 Å². The van der Waals surface area contributed by atoms with E-state index in [1.165, 1.54) is 11.0 Å². The molecule has 0 bridgehead atoms. The number of hydrogen-bond acceptors (Lipinski definition) is 9. The van der Waals surface area contributed by atoms with Crippen molar-refractivity contribution in [3.8, 4) is 11.6 Å². The fourth-order valence-corrected chi connectivity index (χ4v) is 3.40. The molecule has 0 spiro atoms. The number of anilines is 3. The Hall–Kier alpha value is -4.03. The quantitative estimate of drug-likeness (QED) is 0.554. The molecule has 1 aliphatic rings. The van der Waals surface area contributed by atoms with Crippen LogP contribution in [0.3, 0.4) is 0 Å². The van der Waals surface area contributed by atoms with Gasteiger partial charge in [0.1, 0.15) is 0 Å². The predicted octanol–water partition coefficient (Wildman–Crippen LogP) is 3.39. The Morgan fingerprint density at radius 2 is 1.82 bits per heavy atom. The molecule has 178 valence electrons. The van der Waals surface area contributed by atoms with Crippen molar-refractivity contribution in [2.24, 2.45) is 0 Å². The fourth-order valence-electron chi connectivity index (χ4n) is 3.40. The average Bonchev–Trinajstić information content (AvgIpc) is 3.32. The molecule has 34 heavy (non-hydrogen) atoms. The summed E-state index contributed by atoms with van der Waals surface area (Å²) in [5.41, 5.74) is 7.32. The van der Waals surface area contributed by atoms with Gasteiger partial charge in [0.25, 0.3) is 0 Å². The van der Waals surface area contributed by atoms with Crippen molar-refractivity contribution in [1.29, 1.82) is 0 Å². The number of aromatic nitrogens is 5. The van der Waals surface area contributed by atoms with Crippen molar-refractivity contribution in [3.63, 3.8) is 0 Å². The number of allylic oxidation sites excluding steroid dienone is 1. The summed E-state index contributed by atoms with van der Waals surface area (Å²) in [6.45, 7) is 0.510. The van der Waals surface area contributed by atoms with Crippen LogP contribution in [-0.4, -0.2) is 62.2 Å². The molecule has 4 rings (SSSR count). The molecule has 13 heteroatoms. The summed E-state index contributed by atoms with van der Waals surface area (Å²) >= 11 is 0. The molecule has 0 radical (unpaired) electrons. The van der Waals surface area contributed by atoms with E-state index in [4.69, 9.17) is 10.3 Å². The van der Waals surface area contributed by atoms with Crippen molar-refractivity contribution in [3.05, 3.63) is 47.9 Å². The third-order valence-corrected chi connectivity index (χ3v) is 5.21. The second-order valence-electron chi connectivity index (χ2n) is 7.61. The van der Waals surface area contributed by atoms with Crippen LogP contribution in [0.15, 0.2) is 46.5 Å². The number of benzene rings is 1. The summed E-state index contributed by atoms with van der Waals surface area (Å²) in [4.78, 5) is 32.5. The summed E-state index contributed by atoms with van der Waals surface area (Å²) in [6, 6.07) is 9.35. The third-order valence-electron chi connectivity index (χ3n) is 5.21. The van der Waals surface area contributed by atoms with E-state index in [0.29, 0.717) is 18.4 Å². The minimum absolute atomic E-state index is 0.0316. The first-order chi connectivity index (χ1) is 16.2. The molecule has 1 amide bonds. The zero-order valence-electron chi connectivity index (χ0n) is 18.2. The molecule has 1 saturated heterocycles. The molecule has 0 saturated carbocycles. The fraction of sp³-hybridized carbons (Fsp3) is 0.333.